The van der Waals surface area contributed by atoms with Crippen molar-refractivity contribution in [3.05, 3.63) is 86.2 Å². The van der Waals surface area contributed by atoms with E-state index in [4.69, 9.17) is 13.9 Å². The number of anilines is 1. The maximum absolute atomic E-state index is 12.4. The first kappa shape index (κ1) is 20.6. The lowest BCUT2D eigenvalue weighted by atomic mass is 9.96. The van der Waals surface area contributed by atoms with Gasteiger partial charge in [-0.2, -0.15) is 0 Å². The SMILES string of the molecule is COc1ccc(-c2cc(=O)oc3c(C)c4c(cc23)CN(c2ccc(Br)cc2C)CO4)cc1. The van der Waals surface area contributed by atoms with E-state index in [-0.39, 0.29) is 5.63 Å². The van der Waals surface area contributed by atoms with E-state index in [9.17, 15) is 4.79 Å². The van der Waals surface area contributed by atoms with E-state index in [1.165, 1.54) is 5.56 Å². The number of nitrogens with zero attached hydrogens (tertiary/aromatic N) is 1. The second kappa shape index (κ2) is 8.02. The van der Waals surface area contributed by atoms with Crippen molar-refractivity contribution >= 4 is 32.6 Å². The van der Waals surface area contributed by atoms with Gasteiger partial charge in [0.1, 0.15) is 17.1 Å². The third kappa shape index (κ3) is 3.54. The van der Waals surface area contributed by atoms with Gasteiger partial charge in [0.15, 0.2) is 6.73 Å². The van der Waals surface area contributed by atoms with Gasteiger partial charge in [0.25, 0.3) is 0 Å². The van der Waals surface area contributed by atoms with Gasteiger partial charge in [-0.1, -0.05) is 28.1 Å². The molecule has 0 saturated carbocycles. The summed E-state index contributed by atoms with van der Waals surface area (Å²) in [6.07, 6.45) is 0. The van der Waals surface area contributed by atoms with Crippen LogP contribution in [0.2, 0.25) is 0 Å². The van der Waals surface area contributed by atoms with Crippen LogP contribution in [-0.4, -0.2) is 13.8 Å². The minimum Gasteiger partial charge on any atom is -0.497 e. The summed E-state index contributed by atoms with van der Waals surface area (Å²) in [5.74, 6) is 1.56. The van der Waals surface area contributed by atoms with Gasteiger partial charge in [0, 0.05) is 39.3 Å². The molecule has 0 spiro atoms. The van der Waals surface area contributed by atoms with Gasteiger partial charge >= 0.3 is 5.63 Å². The minimum absolute atomic E-state index is 0.380. The quantitative estimate of drug-likeness (QED) is 0.319. The smallest absolute Gasteiger partial charge is 0.336 e. The predicted octanol–water partition coefficient (Wildman–Crippen LogP) is 6.20. The lowest BCUT2D eigenvalue weighted by Gasteiger charge is -2.33. The highest BCUT2D eigenvalue weighted by Gasteiger charge is 2.24. The van der Waals surface area contributed by atoms with E-state index >= 15 is 0 Å². The summed E-state index contributed by atoms with van der Waals surface area (Å²) in [5, 5.41) is 0.893. The maximum Gasteiger partial charge on any atom is 0.336 e. The van der Waals surface area contributed by atoms with E-state index in [0.29, 0.717) is 18.9 Å². The van der Waals surface area contributed by atoms with Crippen molar-refractivity contribution < 1.29 is 13.9 Å². The summed E-state index contributed by atoms with van der Waals surface area (Å²) in [6.45, 7) is 5.18. The molecule has 0 aliphatic carbocycles. The summed E-state index contributed by atoms with van der Waals surface area (Å²) in [5.41, 5.74) is 6.16. The first-order valence-electron chi connectivity index (χ1n) is 10.3. The van der Waals surface area contributed by atoms with E-state index in [1.54, 1.807) is 13.2 Å². The summed E-state index contributed by atoms with van der Waals surface area (Å²) >= 11 is 3.53. The second-order valence-electron chi connectivity index (χ2n) is 7.98. The molecule has 32 heavy (non-hydrogen) atoms. The molecule has 3 aromatic carbocycles. The first-order chi connectivity index (χ1) is 15.4. The number of ether oxygens (including phenoxy) is 2. The zero-order valence-electron chi connectivity index (χ0n) is 18.1. The van der Waals surface area contributed by atoms with E-state index in [2.05, 4.69) is 46.0 Å². The number of aryl methyl sites for hydroxylation is 2. The van der Waals surface area contributed by atoms with Crippen molar-refractivity contribution in [1.29, 1.82) is 0 Å². The van der Waals surface area contributed by atoms with Crippen molar-refractivity contribution in [3.63, 3.8) is 0 Å². The van der Waals surface area contributed by atoms with Gasteiger partial charge in [-0.05, 0) is 66.9 Å². The fourth-order valence-corrected chi connectivity index (χ4v) is 4.83. The van der Waals surface area contributed by atoms with Crippen LogP contribution in [0.25, 0.3) is 22.1 Å². The van der Waals surface area contributed by atoms with Crippen molar-refractivity contribution in [2.45, 2.75) is 20.4 Å². The number of benzene rings is 3. The van der Waals surface area contributed by atoms with Crippen LogP contribution in [0.1, 0.15) is 16.7 Å². The van der Waals surface area contributed by atoms with Crippen molar-refractivity contribution in [1.82, 2.24) is 0 Å². The number of fused-ring (bicyclic) bond motifs is 2. The number of hydrogen-bond donors (Lipinski definition) is 0. The molecule has 2 heterocycles. The van der Waals surface area contributed by atoms with Crippen LogP contribution >= 0.6 is 15.9 Å². The minimum atomic E-state index is -0.380. The molecular formula is C26H22BrNO4. The first-order valence-corrected chi connectivity index (χ1v) is 11.1. The molecule has 0 unspecified atom stereocenters. The average Bonchev–Trinajstić information content (AvgIpc) is 2.79. The zero-order chi connectivity index (χ0) is 22.4. The van der Waals surface area contributed by atoms with E-state index in [1.807, 2.05) is 37.3 Å². The summed E-state index contributed by atoms with van der Waals surface area (Å²) in [7, 11) is 1.64. The number of hydrogen-bond acceptors (Lipinski definition) is 5. The van der Waals surface area contributed by atoms with Gasteiger partial charge in [-0.15, -0.1) is 0 Å². The molecule has 1 aliphatic heterocycles. The Bertz CT molecular complexity index is 1390. The Morgan fingerprint density at radius 2 is 1.81 bits per heavy atom. The molecule has 0 fully saturated rings. The van der Waals surface area contributed by atoms with Gasteiger partial charge in [0.05, 0.1) is 7.11 Å². The molecule has 1 aliphatic rings. The Morgan fingerprint density at radius 1 is 1.03 bits per heavy atom. The molecule has 6 heteroatoms. The highest BCUT2D eigenvalue weighted by molar-refractivity contribution is 9.10. The molecule has 0 atom stereocenters. The van der Waals surface area contributed by atoms with Crippen LogP contribution in [-0.2, 0) is 6.54 Å². The van der Waals surface area contributed by atoms with Crippen molar-refractivity contribution in [3.8, 4) is 22.6 Å². The van der Waals surface area contributed by atoms with Crippen LogP contribution in [0, 0.1) is 13.8 Å². The predicted molar refractivity (Wildman–Crippen MR) is 130 cm³/mol. The van der Waals surface area contributed by atoms with Crippen molar-refractivity contribution in [2.24, 2.45) is 0 Å². The molecule has 0 amide bonds. The normalized spacial score (nSPS) is 13.1. The topological polar surface area (TPSA) is 51.9 Å². The molecule has 1 aromatic heterocycles. The van der Waals surface area contributed by atoms with Crippen LogP contribution in [0.3, 0.4) is 0 Å². The lowest BCUT2D eigenvalue weighted by molar-refractivity contribution is 0.287. The van der Waals surface area contributed by atoms with Gasteiger partial charge in [0.2, 0.25) is 0 Å². The Balaban J connectivity index is 1.64. The molecule has 0 N–H and O–H groups in total. The molecule has 4 aromatic rings. The molecule has 5 rings (SSSR count). The van der Waals surface area contributed by atoms with Gasteiger partial charge in [-0.25, -0.2) is 4.79 Å². The molecule has 0 saturated heterocycles. The largest absolute Gasteiger partial charge is 0.497 e. The lowest BCUT2D eigenvalue weighted by Crippen LogP contribution is -2.32. The maximum atomic E-state index is 12.4. The summed E-state index contributed by atoms with van der Waals surface area (Å²) < 4.78 is 18.1. The molecular weight excluding hydrogens is 470 g/mol. The fourth-order valence-electron chi connectivity index (χ4n) is 4.36. The van der Waals surface area contributed by atoms with Crippen LogP contribution in [0.4, 0.5) is 5.69 Å². The monoisotopic (exact) mass is 491 g/mol. The standard InChI is InChI=1S/C26H22BrNO4/c1-15-10-19(27)6-9-23(15)28-13-18-11-22-21(17-4-7-20(30-3)8-5-17)12-24(29)32-26(22)16(2)25(18)31-14-28/h4-12H,13-14H2,1-3H3. The molecule has 162 valence electrons. The summed E-state index contributed by atoms with van der Waals surface area (Å²) in [6, 6.07) is 17.6. The Morgan fingerprint density at radius 3 is 2.53 bits per heavy atom. The van der Waals surface area contributed by atoms with Crippen LogP contribution < -0.4 is 20.0 Å². The average molecular weight is 492 g/mol. The Hall–Kier alpha value is -3.25. The number of rotatable bonds is 3. The van der Waals surface area contributed by atoms with Crippen LogP contribution in [0.15, 0.2) is 68.3 Å². The third-order valence-electron chi connectivity index (χ3n) is 5.92. The highest BCUT2D eigenvalue weighted by Crippen LogP contribution is 2.39. The Labute approximate surface area is 194 Å². The van der Waals surface area contributed by atoms with E-state index in [0.717, 1.165) is 49.3 Å². The molecule has 0 bridgehead atoms. The fraction of sp³-hybridized carbons (Fsp3) is 0.192. The third-order valence-corrected chi connectivity index (χ3v) is 6.41. The highest BCUT2D eigenvalue weighted by atomic mass is 79.9. The van der Waals surface area contributed by atoms with Crippen molar-refractivity contribution in [2.75, 3.05) is 18.7 Å². The molecule has 5 nitrogen and oxygen atoms in total. The second-order valence-corrected chi connectivity index (χ2v) is 8.89. The zero-order valence-corrected chi connectivity index (χ0v) is 19.7. The van der Waals surface area contributed by atoms with Gasteiger partial charge < -0.3 is 18.8 Å². The molecule has 0 radical (unpaired) electrons. The summed E-state index contributed by atoms with van der Waals surface area (Å²) in [4.78, 5) is 14.6. The Kier molecular flexibility index (Phi) is 5.18. The van der Waals surface area contributed by atoms with Gasteiger partial charge in [-0.3, -0.25) is 0 Å². The van der Waals surface area contributed by atoms with E-state index < -0.39 is 0 Å². The number of halogens is 1. The van der Waals surface area contributed by atoms with Crippen LogP contribution in [0.5, 0.6) is 11.5 Å². The number of methoxy groups -OCH3 is 1.